The molecular formula is C54H37N3O. The van der Waals surface area contributed by atoms with Crippen LogP contribution in [0.15, 0.2) is 229 Å². The van der Waals surface area contributed by atoms with Gasteiger partial charge in [0, 0.05) is 67.4 Å². The summed E-state index contributed by atoms with van der Waals surface area (Å²) in [6.07, 6.45) is 0. The Hall–Kier alpha value is -7.82. The summed E-state index contributed by atoms with van der Waals surface area (Å²) in [4.78, 5) is 4.63. The van der Waals surface area contributed by atoms with Gasteiger partial charge in [-0.15, -0.1) is 0 Å². The van der Waals surface area contributed by atoms with Gasteiger partial charge >= 0.3 is 0 Å². The van der Waals surface area contributed by atoms with Crippen molar-refractivity contribution in [3.05, 3.63) is 224 Å². The fourth-order valence-corrected chi connectivity index (χ4v) is 8.46. The third-order valence-electron chi connectivity index (χ3n) is 11.2. The zero-order chi connectivity index (χ0) is 38.4. The average molecular weight is 744 g/mol. The molecule has 0 amide bonds. The third kappa shape index (κ3) is 5.78. The standard InChI is InChI=1S/C54H37N3O/c1-4-14-40(15-5-1)55(45-33-35-52-50(36-45)47-20-10-12-22-51(47)57(52)42-18-8-3-9-19-42)43-28-24-38(25-29-43)39-26-30-44(31-27-39)56(41-16-6-2-7-17-41)46-32-34-49-48-21-11-13-23-53(48)58-54(49)37-46/h1-37H. The molecule has 274 valence electrons. The smallest absolute Gasteiger partial charge is 0.137 e. The highest BCUT2D eigenvalue weighted by Gasteiger charge is 2.19. The minimum atomic E-state index is 0.875. The van der Waals surface area contributed by atoms with Gasteiger partial charge in [0.25, 0.3) is 0 Å². The summed E-state index contributed by atoms with van der Waals surface area (Å²) in [6, 6.07) is 79.7. The number of para-hydroxylation sites is 5. The highest BCUT2D eigenvalue weighted by Crippen LogP contribution is 2.42. The average Bonchev–Trinajstić information content (AvgIpc) is 3.83. The van der Waals surface area contributed by atoms with Crippen molar-refractivity contribution in [1.82, 2.24) is 4.57 Å². The summed E-state index contributed by atoms with van der Waals surface area (Å²) in [5.74, 6) is 0. The SMILES string of the molecule is c1ccc(N(c2ccc(-c3ccc(N(c4ccccc4)c4ccc5c(c4)c4ccccc4n5-c4ccccc4)cc3)cc2)c2ccc3c(c2)oc2ccccc23)cc1. The predicted molar refractivity (Wildman–Crippen MR) is 243 cm³/mol. The Morgan fingerprint density at radius 3 is 1.38 bits per heavy atom. The second-order valence-corrected chi connectivity index (χ2v) is 14.6. The first-order chi connectivity index (χ1) is 28.8. The normalized spacial score (nSPS) is 11.4. The Labute approximate surface area is 336 Å². The number of nitrogens with zero attached hydrogens (tertiary/aromatic N) is 3. The second kappa shape index (κ2) is 14.0. The monoisotopic (exact) mass is 743 g/mol. The molecule has 0 N–H and O–H groups in total. The molecule has 0 aliphatic heterocycles. The van der Waals surface area contributed by atoms with Crippen LogP contribution >= 0.6 is 0 Å². The van der Waals surface area contributed by atoms with Gasteiger partial charge in [-0.2, -0.15) is 0 Å². The summed E-state index contributed by atoms with van der Waals surface area (Å²) in [5.41, 5.74) is 14.1. The largest absolute Gasteiger partial charge is 0.456 e. The maximum absolute atomic E-state index is 6.30. The van der Waals surface area contributed by atoms with E-state index in [0.717, 1.165) is 72.9 Å². The van der Waals surface area contributed by atoms with Gasteiger partial charge in [-0.3, -0.25) is 0 Å². The number of furan rings is 1. The van der Waals surface area contributed by atoms with Crippen molar-refractivity contribution in [2.75, 3.05) is 9.80 Å². The minimum Gasteiger partial charge on any atom is -0.456 e. The molecule has 0 atom stereocenters. The number of rotatable bonds is 8. The van der Waals surface area contributed by atoms with Crippen LogP contribution in [0.1, 0.15) is 0 Å². The molecule has 11 aromatic rings. The van der Waals surface area contributed by atoms with Crippen molar-refractivity contribution < 1.29 is 4.42 Å². The van der Waals surface area contributed by atoms with Gasteiger partial charge in [0.1, 0.15) is 11.2 Å². The van der Waals surface area contributed by atoms with Gasteiger partial charge in [0.2, 0.25) is 0 Å². The molecular weight excluding hydrogens is 707 g/mol. The van der Waals surface area contributed by atoms with Gasteiger partial charge in [-0.25, -0.2) is 0 Å². The van der Waals surface area contributed by atoms with E-state index in [1.165, 1.54) is 21.8 Å². The van der Waals surface area contributed by atoms with Crippen molar-refractivity contribution in [2.24, 2.45) is 0 Å². The number of benzene rings is 9. The van der Waals surface area contributed by atoms with Crippen LogP contribution < -0.4 is 9.80 Å². The van der Waals surface area contributed by atoms with Crippen molar-refractivity contribution in [2.45, 2.75) is 0 Å². The van der Waals surface area contributed by atoms with Crippen LogP contribution in [-0.4, -0.2) is 4.57 Å². The summed E-state index contributed by atoms with van der Waals surface area (Å²) < 4.78 is 8.66. The van der Waals surface area contributed by atoms with E-state index < -0.39 is 0 Å². The molecule has 0 aliphatic rings. The van der Waals surface area contributed by atoms with Crippen LogP contribution in [0.2, 0.25) is 0 Å². The molecule has 0 unspecified atom stereocenters. The molecule has 0 saturated heterocycles. The second-order valence-electron chi connectivity index (χ2n) is 14.6. The predicted octanol–water partition coefficient (Wildman–Crippen LogP) is 15.3. The molecule has 2 aromatic heterocycles. The van der Waals surface area contributed by atoms with E-state index >= 15 is 0 Å². The molecule has 0 saturated carbocycles. The fraction of sp³-hybridized carbons (Fsp3) is 0. The summed E-state index contributed by atoms with van der Waals surface area (Å²) >= 11 is 0. The molecule has 0 aliphatic carbocycles. The molecule has 4 heteroatoms. The van der Waals surface area contributed by atoms with Gasteiger partial charge in [0.05, 0.1) is 11.0 Å². The first-order valence-corrected chi connectivity index (χ1v) is 19.7. The van der Waals surface area contributed by atoms with Gasteiger partial charge in [-0.1, -0.05) is 115 Å². The van der Waals surface area contributed by atoms with E-state index in [1.54, 1.807) is 0 Å². The molecule has 0 bridgehead atoms. The molecule has 2 heterocycles. The van der Waals surface area contributed by atoms with Crippen LogP contribution in [-0.2, 0) is 0 Å². The molecule has 0 spiro atoms. The Bertz CT molecular complexity index is 3200. The maximum Gasteiger partial charge on any atom is 0.137 e. The van der Waals surface area contributed by atoms with E-state index in [-0.39, 0.29) is 0 Å². The highest BCUT2D eigenvalue weighted by molar-refractivity contribution is 6.11. The molecule has 4 nitrogen and oxygen atoms in total. The minimum absolute atomic E-state index is 0.875. The zero-order valence-electron chi connectivity index (χ0n) is 31.6. The maximum atomic E-state index is 6.30. The van der Waals surface area contributed by atoms with Gasteiger partial charge in [-0.05, 0) is 114 Å². The number of hydrogen-bond donors (Lipinski definition) is 0. The van der Waals surface area contributed by atoms with Gasteiger partial charge < -0.3 is 18.8 Å². The van der Waals surface area contributed by atoms with Crippen LogP contribution in [0.5, 0.6) is 0 Å². The topological polar surface area (TPSA) is 24.6 Å². The number of hydrogen-bond acceptors (Lipinski definition) is 3. The first-order valence-electron chi connectivity index (χ1n) is 19.7. The van der Waals surface area contributed by atoms with E-state index in [1.807, 2.05) is 12.1 Å². The zero-order valence-corrected chi connectivity index (χ0v) is 31.6. The van der Waals surface area contributed by atoms with Crippen molar-refractivity contribution in [1.29, 1.82) is 0 Å². The van der Waals surface area contributed by atoms with Gasteiger partial charge in [0.15, 0.2) is 0 Å². The first kappa shape index (κ1) is 33.5. The number of fused-ring (bicyclic) bond motifs is 6. The van der Waals surface area contributed by atoms with Crippen molar-refractivity contribution >= 4 is 77.9 Å². The number of aromatic nitrogens is 1. The molecule has 0 fully saturated rings. The van der Waals surface area contributed by atoms with Crippen LogP contribution in [0, 0.1) is 0 Å². The Kier molecular flexibility index (Phi) is 8.11. The van der Waals surface area contributed by atoms with E-state index in [0.29, 0.717) is 0 Å². The van der Waals surface area contributed by atoms with Crippen LogP contribution in [0.4, 0.5) is 34.1 Å². The molecule has 58 heavy (non-hydrogen) atoms. The van der Waals surface area contributed by atoms with E-state index in [9.17, 15) is 0 Å². The Balaban J connectivity index is 0.947. The molecule has 11 rings (SSSR count). The van der Waals surface area contributed by atoms with Crippen molar-refractivity contribution in [3.63, 3.8) is 0 Å². The molecule has 0 radical (unpaired) electrons. The van der Waals surface area contributed by atoms with Crippen LogP contribution in [0.3, 0.4) is 0 Å². The lowest BCUT2D eigenvalue weighted by Crippen LogP contribution is -2.10. The number of anilines is 6. The van der Waals surface area contributed by atoms with E-state index in [4.69, 9.17) is 4.42 Å². The lowest BCUT2D eigenvalue weighted by atomic mass is 10.0. The summed E-state index contributed by atoms with van der Waals surface area (Å²) in [6.45, 7) is 0. The van der Waals surface area contributed by atoms with Crippen molar-refractivity contribution in [3.8, 4) is 16.8 Å². The van der Waals surface area contributed by atoms with E-state index in [2.05, 4.69) is 227 Å². The quantitative estimate of drug-likeness (QED) is 0.155. The lowest BCUT2D eigenvalue weighted by Gasteiger charge is -2.26. The third-order valence-corrected chi connectivity index (χ3v) is 11.2. The molecule has 9 aromatic carbocycles. The summed E-state index contributed by atoms with van der Waals surface area (Å²) in [5, 5.41) is 4.70. The summed E-state index contributed by atoms with van der Waals surface area (Å²) in [7, 11) is 0. The Morgan fingerprint density at radius 1 is 0.293 bits per heavy atom. The highest BCUT2D eigenvalue weighted by atomic mass is 16.3. The van der Waals surface area contributed by atoms with Crippen LogP contribution in [0.25, 0.3) is 60.6 Å². The fourth-order valence-electron chi connectivity index (χ4n) is 8.46. The lowest BCUT2D eigenvalue weighted by molar-refractivity contribution is 0.669. The Morgan fingerprint density at radius 2 is 0.741 bits per heavy atom.